The van der Waals surface area contributed by atoms with Crippen LogP contribution in [0, 0.1) is 10.1 Å². The predicted molar refractivity (Wildman–Crippen MR) is 51.3 cm³/mol. The molecule has 0 saturated heterocycles. The zero-order valence-electron chi connectivity index (χ0n) is 7.34. The molecule has 15 heavy (non-hydrogen) atoms. The second kappa shape index (κ2) is 4.61. The van der Waals surface area contributed by atoms with Gasteiger partial charge in [0.25, 0.3) is 5.69 Å². The molecule has 1 rings (SSSR count). The molecule has 0 saturated carbocycles. The lowest BCUT2D eigenvalue weighted by Gasteiger charge is -2.05. The maximum atomic E-state index is 10.6. The summed E-state index contributed by atoms with van der Waals surface area (Å²) in [7, 11) is 0. The fourth-order valence-electron chi connectivity index (χ4n) is 1.05. The van der Waals surface area contributed by atoms with Crippen LogP contribution in [0.25, 0.3) is 0 Å². The number of carboxylic acid groups (broad SMARTS) is 1. The van der Waals surface area contributed by atoms with Crippen LogP contribution in [0.15, 0.2) is 18.2 Å². The molecule has 0 fully saturated rings. The Bertz CT molecular complexity index is 406. The Kier molecular flexibility index (Phi) is 3.46. The van der Waals surface area contributed by atoms with E-state index in [1.54, 1.807) is 0 Å². The molecule has 0 aliphatic rings. The SMILES string of the molecule is O=C(O)Oc1cccc([N+](=O)[O-])c1CCl. The number of carbonyl (C=O) groups is 1. The van der Waals surface area contributed by atoms with E-state index < -0.39 is 11.1 Å². The fraction of sp³-hybridized carbons (Fsp3) is 0.125. The highest BCUT2D eigenvalue weighted by Crippen LogP contribution is 2.29. The summed E-state index contributed by atoms with van der Waals surface area (Å²) in [5.74, 6) is -0.313. The van der Waals surface area contributed by atoms with Gasteiger partial charge in [-0.1, -0.05) is 6.07 Å². The summed E-state index contributed by atoms with van der Waals surface area (Å²) >= 11 is 5.49. The molecule has 0 spiro atoms. The van der Waals surface area contributed by atoms with Crippen LogP contribution in [0.5, 0.6) is 5.75 Å². The van der Waals surface area contributed by atoms with Gasteiger partial charge < -0.3 is 9.84 Å². The molecule has 0 bridgehead atoms. The molecule has 0 aromatic heterocycles. The van der Waals surface area contributed by atoms with Crippen molar-refractivity contribution in [2.24, 2.45) is 0 Å². The minimum Gasteiger partial charge on any atom is -0.449 e. The summed E-state index contributed by atoms with van der Waals surface area (Å²) in [5.41, 5.74) is -0.213. The lowest BCUT2D eigenvalue weighted by Crippen LogP contribution is -2.06. The van der Waals surface area contributed by atoms with Crippen LogP contribution in [-0.4, -0.2) is 16.2 Å². The van der Waals surface area contributed by atoms with E-state index in [1.807, 2.05) is 0 Å². The smallest absolute Gasteiger partial charge is 0.449 e. The summed E-state index contributed by atoms with van der Waals surface area (Å²) in [5, 5.41) is 18.9. The fourth-order valence-corrected chi connectivity index (χ4v) is 1.32. The van der Waals surface area contributed by atoms with E-state index in [2.05, 4.69) is 4.74 Å². The van der Waals surface area contributed by atoms with Crippen molar-refractivity contribution in [1.82, 2.24) is 0 Å². The number of nitrogens with zero attached hydrogens (tertiary/aromatic N) is 1. The number of hydrogen-bond donors (Lipinski definition) is 1. The van der Waals surface area contributed by atoms with Crippen molar-refractivity contribution in [2.45, 2.75) is 5.88 Å². The van der Waals surface area contributed by atoms with Crippen molar-refractivity contribution in [1.29, 1.82) is 0 Å². The van der Waals surface area contributed by atoms with Crippen LogP contribution in [0.4, 0.5) is 10.5 Å². The number of halogens is 1. The normalized spacial score (nSPS) is 9.67. The first-order valence-corrected chi connectivity index (χ1v) is 4.32. The largest absolute Gasteiger partial charge is 0.511 e. The first kappa shape index (κ1) is 11.3. The van der Waals surface area contributed by atoms with Crippen molar-refractivity contribution in [3.63, 3.8) is 0 Å². The Balaban J connectivity index is 3.21. The minimum atomic E-state index is -1.54. The second-order valence-corrected chi connectivity index (χ2v) is 2.78. The van der Waals surface area contributed by atoms with E-state index in [0.717, 1.165) is 0 Å². The third kappa shape index (κ3) is 2.57. The number of ether oxygens (including phenoxy) is 1. The number of nitro groups is 1. The quantitative estimate of drug-likeness (QED) is 0.284. The van der Waals surface area contributed by atoms with E-state index in [-0.39, 0.29) is 22.9 Å². The summed E-state index contributed by atoms with van der Waals surface area (Å²) < 4.78 is 4.35. The molecule has 0 radical (unpaired) electrons. The van der Waals surface area contributed by atoms with Gasteiger partial charge in [0.05, 0.1) is 16.4 Å². The molecule has 0 aliphatic heterocycles. The Hall–Kier alpha value is -1.82. The van der Waals surface area contributed by atoms with Crippen LogP contribution >= 0.6 is 11.6 Å². The maximum Gasteiger partial charge on any atom is 0.511 e. The van der Waals surface area contributed by atoms with Gasteiger partial charge in [-0.15, -0.1) is 11.6 Å². The summed E-state index contributed by atoms with van der Waals surface area (Å²) in [4.78, 5) is 20.2. The first-order valence-electron chi connectivity index (χ1n) is 3.79. The number of rotatable bonds is 3. The van der Waals surface area contributed by atoms with Gasteiger partial charge in [-0.2, -0.15) is 0 Å². The van der Waals surface area contributed by atoms with E-state index in [4.69, 9.17) is 16.7 Å². The van der Waals surface area contributed by atoms with Gasteiger partial charge in [0.15, 0.2) is 0 Å². The van der Waals surface area contributed by atoms with Crippen molar-refractivity contribution in [2.75, 3.05) is 0 Å². The Labute approximate surface area is 89.2 Å². The first-order chi connectivity index (χ1) is 7.06. The average molecular weight is 232 g/mol. The van der Waals surface area contributed by atoms with Crippen molar-refractivity contribution in [3.05, 3.63) is 33.9 Å². The number of alkyl halides is 1. The molecular formula is C8H6ClNO5. The highest BCUT2D eigenvalue weighted by atomic mass is 35.5. The van der Waals surface area contributed by atoms with Crippen molar-refractivity contribution in [3.8, 4) is 5.75 Å². The Morgan fingerprint density at radius 3 is 2.73 bits per heavy atom. The van der Waals surface area contributed by atoms with E-state index >= 15 is 0 Å². The molecule has 0 heterocycles. The third-order valence-corrected chi connectivity index (χ3v) is 1.90. The second-order valence-electron chi connectivity index (χ2n) is 2.51. The third-order valence-electron chi connectivity index (χ3n) is 1.64. The van der Waals surface area contributed by atoms with Crippen LogP contribution in [0.1, 0.15) is 5.56 Å². The number of hydrogen-bond acceptors (Lipinski definition) is 4. The molecular weight excluding hydrogens is 226 g/mol. The monoisotopic (exact) mass is 231 g/mol. The van der Waals surface area contributed by atoms with Crippen LogP contribution in [0.3, 0.4) is 0 Å². The highest BCUT2D eigenvalue weighted by molar-refractivity contribution is 6.17. The zero-order valence-corrected chi connectivity index (χ0v) is 8.10. The van der Waals surface area contributed by atoms with E-state index in [1.165, 1.54) is 18.2 Å². The summed E-state index contributed by atoms with van der Waals surface area (Å²) in [6, 6.07) is 3.86. The summed E-state index contributed by atoms with van der Waals surface area (Å²) in [6.07, 6.45) is -1.54. The van der Waals surface area contributed by atoms with Gasteiger partial charge in [0.2, 0.25) is 0 Å². The lowest BCUT2D eigenvalue weighted by atomic mass is 10.2. The molecule has 80 valence electrons. The summed E-state index contributed by atoms with van der Waals surface area (Å²) in [6.45, 7) is 0. The molecule has 6 nitrogen and oxygen atoms in total. The van der Waals surface area contributed by atoms with Gasteiger partial charge in [0, 0.05) is 6.07 Å². The van der Waals surface area contributed by atoms with Crippen molar-refractivity contribution >= 4 is 23.4 Å². The topological polar surface area (TPSA) is 89.7 Å². The van der Waals surface area contributed by atoms with Gasteiger partial charge in [0.1, 0.15) is 5.75 Å². The molecule has 0 unspecified atom stereocenters. The van der Waals surface area contributed by atoms with E-state index in [9.17, 15) is 14.9 Å². The zero-order chi connectivity index (χ0) is 11.4. The van der Waals surface area contributed by atoms with Crippen molar-refractivity contribution < 1.29 is 19.6 Å². The minimum absolute atomic E-state index is 0.0477. The molecule has 1 aromatic carbocycles. The highest BCUT2D eigenvalue weighted by Gasteiger charge is 2.18. The van der Waals surface area contributed by atoms with Crippen LogP contribution < -0.4 is 4.74 Å². The van der Waals surface area contributed by atoms with Crippen LogP contribution in [-0.2, 0) is 5.88 Å². The number of nitro benzene ring substituents is 1. The molecule has 7 heteroatoms. The molecule has 0 amide bonds. The standard InChI is InChI=1S/C8H6ClNO5/c9-4-5-6(10(13)14)2-1-3-7(5)15-8(11)12/h1-3H,4H2,(H,11,12). The average Bonchev–Trinajstić information content (AvgIpc) is 2.16. The predicted octanol–water partition coefficient (Wildman–Crippen LogP) is 2.39. The van der Waals surface area contributed by atoms with Gasteiger partial charge in [-0.05, 0) is 6.07 Å². The molecule has 1 N–H and O–H groups in total. The van der Waals surface area contributed by atoms with Crippen LogP contribution in [0.2, 0.25) is 0 Å². The van der Waals surface area contributed by atoms with Gasteiger partial charge in [-0.25, -0.2) is 4.79 Å². The Morgan fingerprint density at radius 2 is 2.27 bits per heavy atom. The molecule has 1 aromatic rings. The number of benzene rings is 1. The Morgan fingerprint density at radius 1 is 1.60 bits per heavy atom. The van der Waals surface area contributed by atoms with Gasteiger partial charge in [-0.3, -0.25) is 10.1 Å². The molecule has 0 aliphatic carbocycles. The maximum absolute atomic E-state index is 10.6. The van der Waals surface area contributed by atoms with Gasteiger partial charge >= 0.3 is 6.16 Å². The lowest BCUT2D eigenvalue weighted by molar-refractivity contribution is -0.385. The molecule has 0 atom stereocenters. The van der Waals surface area contributed by atoms with E-state index in [0.29, 0.717) is 0 Å².